The van der Waals surface area contributed by atoms with Gasteiger partial charge in [0, 0.05) is 13.6 Å². The van der Waals surface area contributed by atoms with Crippen LogP contribution in [0, 0.1) is 13.8 Å². The molecule has 6 heteroatoms. The van der Waals surface area contributed by atoms with E-state index in [0.717, 1.165) is 21.0 Å². The number of rotatable bonds is 6. The molecule has 0 unspecified atom stereocenters. The maximum absolute atomic E-state index is 12.5. The molecular formula is C18H22N2O3S. The van der Waals surface area contributed by atoms with Gasteiger partial charge in [-0.15, -0.1) is 0 Å². The molecule has 2 aromatic rings. The van der Waals surface area contributed by atoms with Gasteiger partial charge in [-0.2, -0.15) is 4.31 Å². The average Bonchev–Trinajstić information content (AvgIpc) is 2.54. The highest BCUT2D eigenvalue weighted by Gasteiger charge is 2.22. The van der Waals surface area contributed by atoms with Crippen molar-refractivity contribution >= 4 is 15.9 Å². The first-order valence-corrected chi connectivity index (χ1v) is 9.09. The van der Waals surface area contributed by atoms with Crippen LogP contribution in [0.1, 0.15) is 16.7 Å². The van der Waals surface area contributed by atoms with Crippen LogP contribution in [0.4, 0.5) is 0 Å². The van der Waals surface area contributed by atoms with Gasteiger partial charge in [-0.3, -0.25) is 4.79 Å². The third kappa shape index (κ3) is 4.43. The highest BCUT2D eigenvalue weighted by atomic mass is 32.2. The number of nitrogens with zero attached hydrogens (tertiary/aromatic N) is 1. The minimum Gasteiger partial charge on any atom is -0.351 e. The van der Waals surface area contributed by atoms with E-state index in [-0.39, 0.29) is 17.3 Å². The average molecular weight is 346 g/mol. The number of carbonyl (C=O) groups is 1. The zero-order valence-corrected chi connectivity index (χ0v) is 14.9. The second-order valence-electron chi connectivity index (χ2n) is 5.78. The number of sulfonamides is 1. The van der Waals surface area contributed by atoms with Gasteiger partial charge in [0.25, 0.3) is 0 Å². The van der Waals surface area contributed by atoms with Crippen LogP contribution in [-0.4, -0.2) is 32.2 Å². The Morgan fingerprint density at radius 3 is 2.29 bits per heavy atom. The van der Waals surface area contributed by atoms with E-state index in [1.54, 1.807) is 24.3 Å². The third-order valence-electron chi connectivity index (χ3n) is 3.83. The third-order valence-corrected chi connectivity index (χ3v) is 5.65. The van der Waals surface area contributed by atoms with Crippen molar-refractivity contribution in [3.63, 3.8) is 0 Å². The van der Waals surface area contributed by atoms with E-state index < -0.39 is 10.0 Å². The molecule has 0 aliphatic carbocycles. The summed E-state index contributed by atoms with van der Waals surface area (Å²) in [7, 11) is -2.26. The van der Waals surface area contributed by atoms with Gasteiger partial charge in [-0.1, -0.05) is 42.0 Å². The van der Waals surface area contributed by atoms with E-state index in [9.17, 15) is 13.2 Å². The van der Waals surface area contributed by atoms with Gasteiger partial charge in [0.2, 0.25) is 15.9 Å². The lowest BCUT2D eigenvalue weighted by Gasteiger charge is -2.17. The molecular weight excluding hydrogens is 324 g/mol. The monoisotopic (exact) mass is 346 g/mol. The maximum atomic E-state index is 12.5. The molecule has 2 aromatic carbocycles. The fraction of sp³-hybridized carbons (Fsp3) is 0.278. The molecule has 0 heterocycles. The van der Waals surface area contributed by atoms with Crippen molar-refractivity contribution in [2.24, 2.45) is 0 Å². The summed E-state index contributed by atoms with van der Waals surface area (Å²) in [6.45, 7) is 4.01. The predicted octanol–water partition coefficient (Wildman–Crippen LogP) is 2.24. The summed E-state index contributed by atoms with van der Waals surface area (Å²) in [5, 5.41) is 2.76. The van der Waals surface area contributed by atoms with Gasteiger partial charge in [0.15, 0.2) is 0 Å². The van der Waals surface area contributed by atoms with Crippen molar-refractivity contribution in [3.8, 4) is 0 Å². The van der Waals surface area contributed by atoms with Crippen LogP contribution >= 0.6 is 0 Å². The van der Waals surface area contributed by atoms with Crippen molar-refractivity contribution in [2.45, 2.75) is 25.3 Å². The van der Waals surface area contributed by atoms with E-state index in [1.807, 2.05) is 38.1 Å². The predicted molar refractivity (Wildman–Crippen MR) is 94.0 cm³/mol. The molecule has 24 heavy (non-hydrogen) atoms. The standard InChI is InChI=1S/C18H22N2O3S/c1-14-8-10-17(11-9-14)24(22,23)20(3)13-18(21)19-12-16-7-5-4-6-15(16)2/h4-11H,12-13H2,1-3H3,(H,19,21). The molecule has 0 radical (unpaired) electrons. The number of benzene rings is 2. The summed E-state index contributed by atoms with van der Waals surface area (Å²) >= 11 is 0. The molecule has 0 saturated heterocycles. The number of nitrogens with one attached hydrogen (secondary N) is 1. The lowest BCUT2D eigenvalue weighted by Crippen LogP contribution is -2.38. The summed E-state index contributed by atoms with van der Waals surface area (Å²) in [5.74, 6) is -0.337. The van der Waals surface area contributed by atoms with Crippen molar-refractivity contribution in [1.82, 2.24) is 9.62 Å². The summed E-state index contributed by atoms with van der Waals surface area (Å²) in [4.78, 5) is 12.2. The van der Waals surface area contributed by atoms with E-state index >= 15 is 0 Å². The Balaban J connectivity index is 1.98. The molecule has 0 fully saturated rings. The maximum Gasteiger partial charge on any atom is 0.243 e. The van der Waals surface area contributed by atoms with Gasteiger partial charge < -0.3 is 5.32 Å². The lowest BCUT2D eigenvalue weighted by molar-refractivity contribution is -0.121. The summed E-state index contributed by atoms with van der Waals surface area (Å²) in [5.41, 5.74) is 3.07. The normalized spacial score (nSPS) is 11.5. The van der Waals surface area contributed by atoms with Crippen LogP contribution in [0.2, 0.25) is 0 Å². The molecule has 1 N–H and O–H groups in total. The van der Waals surface area contributed by atoms with Gasteiger partial charge >= 0.3 is 0 Å². The Hall–Kier alpha value is -2.18. The number of carbonyl (C=O) groups excluding carboxylic acids is 1. The van der Waals surface area contributed by atoms with Crippen LogP contribution < -0.4 is 5.32 Å². The van der Waals surface area contributed by atoms with Gasteiger partial charge in [-0.25, -0.2) is 8.42 Å². The molecule has 5 nitrogen and oxygen atoms in total. The molecule has 0 bridgehead atoms. The van der Waals surface area contributed by atoms with Gasteiger partial charge in [-0.05, 0) is 37.1 Å². The van der Waals surface area contributed by atoms with E-state index in [0.29, 0.717) is 6.54 Å². The Bertz CT molecular complexity index is 814. The molecule has 0 saturated carbocycles. The largest absolute Gasteiger partial charge is 0.351 e. The molecule has 0 aromatic heterocycles. The summed E-state index contributed by atoms with van der Waals surface area (Å²) in [6, 6.07) is 14.3. The van der Waals surface area contributed by atoms with Gasteiger partial charge in [0.1, 0.15) is 0 Å². The van der Waals surface area contributed by atoms with Crippen molar-refractivity contribution in [2.75, 3.05) is 13.6 Å². The van der Waals surface area contributed by atoms with Gasteiger partial charge in [0.05, 0.1) is 11.4 Å². The fourth-order valence-electron chi connectivity index (χ4n) is 2.24. The highest BCUT2D eigenvalue weighted by molar-refractivity contribution is 7.89. The van der Waals surface area contributed by atoms with Crippen molar-refractivity contribution in [1.29, 1.82) is 0 Å². The van der Waals surface area contributed by atoms with Crippen molar-refractivity contribution in [3.05, 3.63) is 65.2 Å². The van der Waals surface area contributed by atoms with E-state index in [1.165, 1.54) is 7.05 Å². The Morgan fingerprint density at radius 1 is 1.04 bits per heavy atom. The van der Waals surface area contributed by atoms with Crippen LogP contribution in [0.5, 0.6) is 0 Å². The number of hydrogen-bond acceptors (Lipinski definition) is 3. The molecule has 0 spiro atoms. The number of amides is 1. The zero-order valence-electron chi connectivity index (χ0n) is 14.1. The minimum atomic E-state index is -3.67. The zero-order chi connectivity index (χ0) is 17.7. The number of hydrogen-bond donors (Lipinski definition) is 1. The molecule has 0 atom stereocenters. The Labute approximate surface area is 143 Å². The SMILES string of the molecule is Cc1ccc(S(=O)(=O)N(C)CC(=O)NCc2ccccc2C)cc1. The second-order valence-corrected chi connectivity index (χ2v) is 7.82. The number of likely N-dealkylation sites (N-methyl/N-ethyl adjacent to an activating group) is 1. The molecule has 128 valence electrons. The molecule has 1 amide bonds. The van der Waals surface area contributed by atoms with Crippen LogP contribution in [0.3, 0.4) is 0 Å². The summed E-state index contributed by atoms with van der Waals surface area (Å²) < 4.78 is 26.0. The Kier molecular flexibility index (Phi) is 5.75. The first kappa shape index (κ1) is 18.2. The Morgan fingerprint density at radius 2 is 1.67 bits per heavy atom. The molecule has 0 aliphatic heterocycles. The van der Waals surface area contributed by atoms with E-state index in [4.69, 9.17) is 0 Å². The molecule has 2 rings (SSSR count). The smallest absolute Gasteiger partial charge is 0.243 e. The topological polar surface area (TPSA) is 66.5 Å². The minimum absolute atomic E-state index is 0.183. The quantitative estimate of drug-likeness (QED) is 0.872. The second kappa shape index (κ2) is 7.59. The van der Waals surface area contributed by atoms with Crippen LogP contribution in [-0.2, 0) is 21.4 Å². The summed E-state index contributed by atoms with van der Waals surface area (Å²) in [6.07, 6.45) is 0. The fourth-order valence-corrected chi connectivity index (χ4v) is 3.36. The number of aryl methyl sites for hydroxylation is 2. The lowest BCUT2D eigenvalue weighted by atomic mass is 10.1. The van der Waals surface area contributed by atoms with Crippen LogP contribution in [0.25, 0.3) is 0 Å². The first-order valence-electron chi connectivity index (χ1n) is 7.65. The first-order chi connectivity index (χ1) is 11.3. The van der Waals surface area contributed by atoms with Crippen molar-refractivity contribution < 1.29 is 13.2 Å². The molecule has 0 aliphatic rings. The van der Waals surface area contributed by atoms with E-state index in [2.05, 4.69) is 5.32 Å². The highest BCUT2D eigenvalue weighted by Crippen LogP contribution is 2.14. The van der Waals surface area contributed by atoms with Crippen LogP contribution in [0.15, 0.2) is 53.4 Å².